The van der Waals surface area contributed by atoms with Gasteiger partial charge in [0.1, 0.15) is 0 Å². The molecule has 0 aromatic carbocycles. The molecular formula is C15H26O3. The molecule has 0 bridgehead atoms. The molecule has 2 fully saturated rings. The van der Waals surface area contributed by atoms with Crippen LogP contribution >= 0.6 is 0 Å². The number of rotatable bonds is 1. The van der Waals surface area contributed by atoms with Crippen molar-refractivity contribution >= 4 is 0 Å². The van der Waals surface area contributed by atoms with Crippen LogP contribution in [0.2, 0.25) is 0 Å². The quantitative estimate of drug-likeness (QED) is 0.624. The lowest BCUT2D eigenvalue weighted by molar-refractivity contribution is -0.00927. The van der Waals surface area contributed by atoms with Crippen molar-refractivity contribution in [3.8, 4) is 0 Å². The Hall–Kier alpha value is -0.380. The van der Waals surface area contributed by atoms with Crippen LogP contribution in [0.15, 0.2) is 12.2 Å². The molecule has 2 rings (SSSR count). The molecule has 0 radical (unpaired) electrons. The van der Waals surface area contributed by atoms with E-state index in [1.165, 1.54) is 0 Å². The molecule has 0 spiro atoms. The first-order valence-corrected chi connectivity index (χ1v) is 6.92. The second-order valence-corrected chi connectivity index (χ2v) is 7.14. The summed E-state index contributed by atoms with van der Waals surface area (Å²) in [6.45, 7) is 10.3. The van der Waals surface area contributed by atoms with Crippen LogP contribution in [0.1, 0.15) is 40.0 Å². The Balaban J connectivity index is 2.41. The van der Waals surface area contributed by atoms with E-state index in [0.29, 0.717) is 12.8 Å². The molecule has 0 aromatic heterocycles. The maximum absolute atomic E-state index is 11.1. The number of fused-ring (bicyclic) bond motifs is 1. The first kappa shape index (κ1) is 14.0. The fraction of sp³-hybridized carbons (Fsp3) is 0.867. The third kappa shape index (κ3) is 2.02. The standard InChI is InChI=1S/C15H26O3/c1-9-12-6-14(3,4)8-15(12,18)10(2)11(7-16)5-13(9)17/h9,11-13,16-18H,2,5-8H2,1,3-4H3/t9-,11-,12+,13+,15+/m1/s1. The van der Waals surface area contributed by atoms with Gasteiger partial charge in [0.05, 0.1) is 11.7 Å². The normalized spacial score (nSPS) is 47.8. The predicted molar refractivity (Wildman–Crippen MR) is 71.0 cm³/mol. The largest absolute Gasteiger partial charge is 0.396 e. The highest BCUT2D eigenvalue weighted by molar-refractivity contribution is 5.25. The van der Waals surface area contributed by atoms with Crippen molar-refractivity contribution in [2.45, 2.75) is 51.7 Å². The third-order valence-corrected chi connectivity index (χ3v) is 5.17. The van der Waals surface area contributed by atoms with Gasteiger partial charge in [-0.25, -0.2) is 0 Å². The van der Waals surface area contributed by atoms with Crippen molar-refractivity contribution in [2.75, 3.05) is 6.61 Å². The first-order valence-electron chi connectivity index (χ1n) is 6.92. The summed E-state index contributed by atoms with van der Waals surface area (Å²) in [7, 11) is 0. The first-order chi connectivity index (χ1) is 8.21. The van der Waals surface area contributed by atoms with Gasteiger partial charge in [0.25, 0.3) is 0 Å². The molecule has 0 aromatic rings. The predicted octanol–water partition coefficient (Wildman–Crippen LogP) is 1.72. The Morgan fingerprint density at radius 2 is 2.00 bits per heavy atom. The van der Waals surface area contributed by atoms with Crippen LogP contribution in [-0.2, 0) is 0 Å². The van der Waals surface area contributed by atoms with E-state index in [2.05, 4.69) is 20.4 Å². The van der Waals surface area contributed by atoms with Crippen molar-refractivity contribution in [1.29, 1.82) is 0 Å². The van der Waals surface area contributed by atoms with Gasteiger partial charge in [-0.2, -0.15) is 0 Å². The van der Waals surface area contributed by atoms with Crippen LogP contribution in [0.3, 0.4) is 0 Å². The topological polar surface area (TPSA) is 60.7 Å². The Kier molecular flexibility index (Phi) is 3.37. The Morgan fingerprint density at radius 3 is 2.56 bits per heavy atom. The van der Waals surface area contributed by atoms with Gasteiger partial charge in [-0.1, -0.05) is 27.4 Å². The van der Waals surface area contributed by atoms with E-state index < -0.39 is 11.7 Å². The summed E-state index contributed by atoms with van der Waals surface area (Å²) in [6.07, 6.45) is 1.62. The number of aliphatic hydroxyl groups is 3. The zero-order valence-corrected chi connectivity index (χ0v) is 11.7. The summed E-state index contributed by atoms with van der Waals surface area (Å²) >= 11 is 0. The van der Waals surface area contributed by atoms with Crippen LogP contribution in [0.25, 0.3) is 0 Å². The maximum Gasteiger partial charge on any atom is 0.0894 e. The van der Waals surface area contributed by atoms with Gasteiger partial charge in [0, 0.05) is 12.5 Å². The lowest BCUT2D eigenvalue weighted by Gasteiger charge is -2.35. The minimum atomic E-state index is -0.923. The van der Waals surface area contributed by atoms with Gasteiger partial charge in [-0.05, 0) is 42.1 Å². The molecule has 0 amide bonds. The molecule has 0 unspecified atom stereocenters. The molecule has 2 aliphatic rings. The van der Waals surface area contributed by atoms with Gasteiger partial charge in [0.15, 0.2) is 0 Å². The molecule has 18 heavy (non-hydrogen) atoms. The van der Waals surface area contributed by atoms with Crippen LogP contribution in [0.4, 0.5) is 0 Å². The smallest absolute Gasteiger partial charge is 0.0894 e. The van der Waals surface area contributed by atoms with E-state index in [9.17, 15) is 15.3 Å². The molecule has 5 atom stereocenters. The maximum atomic E-state index is 11.1. The van der Waals surface area contributed by atoms with Crippen molar-refractivity contribution in [3.63, 3.8) is 0 Å². The van der Waals surface area contributed by atoms with Crippen LogP contribution in [-0.4, -0.2) is 33.6 Å². The second kappa shape index (κ2) is 4.32. The summed E-state index contributed by atoms with van der Waals surface area (Å²) in [5.41, 5.74) is -0.134. The molecule has 2 saturated carbocycles. The van der Waals surface area contributed by atoms with E-state index in [1.54, 1.807) is 0 Å². The highest BCUT2D eigenvalue weighted by Gasteiger charge is 2.56. The molecule has 0 heterocycles. The average molecular weight is 254 g/mol. The summed E-state index contributed by atoms with van der Waals surface area (Å²) < 4.78 is 0. The molecular weight excluding hydrogens is 228 g/mol. The monoisotopic (exact) mass is 254 g/mol. The van der Waals surface area contributed by atoms with E-state index in [1.807, 2.05) is 6.92 Å². The zero-order chi connectivity index (χ0) is 13.7. The van der Waals surface area contributed by atoms with Crippen molar-refractivity contribution in [1.82, 2.24) is 0 Å². The van der Waals surface area contributed by atoms with E-state index in [4.69, 9.17) is 0 Å². The van der Waals surface area contributed by atoms with Crippen molar-refractivity contribution in [3.05, 3.63) is 12.2 Å². The molecule has 0 saturated heterocycles. The van der Waals surface area contributed by atoms with Crippen LogP contribution in [0.5, 0.6) is 0 Å². The van der Waals surface area contributed by atoms with E-state index >= 15 is 0 Å². The molecule has 104 valence electrons. The van der Waals surface area contributed by atoms with E-state index in [-0.39, 0.29) is 29.8 Å². The zero-order valence-electron chi connectivity index (χ0n) is 11.7. The van der Waals surface area contributed by atoms with Gasteiger partial charge < -0.3 is 15.3 Å². The molecule has 3 nitrogen and oxygen atoms in total. The number of aliphatic hydroxyl groups excluding tert-OH is 2. The highest BCUT2D eigenvalue weighted by Crippen LogP contribution is 2.57. The van der Waals surface area contributed by atoms with Crippen molar-refractivity contribution < 1.29 is 15.3 Å². The SMILES string of the molecule is C=C1[C@@H](CO)C[C@H](O)[C@H](C)[C@@H]2CC(C)(C)C[C@]12O. The van der Waals surface area contributed by atoms with Gasteiger partial charge >= 0.3 is 0 Å². The highest BCUT2D eigenvalue weighted by atomic mass is 16.3. The second-order valence-electron chi connectivity index (χ2n) is 7.14. The average Bonchev–Trinajstić information content (AvgIpc) is 2.51. The molecule has 3 heteroatoms. The molecule has 0 aliphatic heterocycles. The Bertz CT molecular complexity index is 350. The fourth-order valence-electron chi connectivity index (χ4n) is 4.12. The summed E-state index contributed by atoms with van der Waals surface area (Å²) in [4.78, 5) is 0. The van der Waals surface area contributed by atoms with E-state index in [0.717, 1.165) is 12.0 Å². The minimum absolute atomic E-state index is 0.0436. The van der Waals surface area contributed by atoms with Crippen LogP contribution in [0, 0.1) is 23.2 Å². The van der Waals surface area contributed by atoms with Gasteiger partial charge in [-0.3, -0.25) is 0 Å². The molecule has 3 N–H and O–H groups in total. The summed E-state index contributed by atoms with van der Waals surface area (Å²) in [6, 6.07) is 0. The van der Waals surface area contributed by atoms with Crippen LogP contribution < -0.4 is 0 Å². The summed E-state index contributed by atoms with van der Waals surface area (Å²) in [5, 5.41) is 30.8. The Labute approximate surface area is 110 Å². The van der Waals surface area contributed by atoms with Gasteiger partial charge in [0.2, 0.25) is 0 Å². The number of hydrogen-bond donors (Lipinski definition) is 3. The molecule has 2 aliphatic carbocycles. The van der Waals surface area contributed by atoms with Gasteiger partial charge in [-0.15, -0.1) is 0 Å². The summed E-state index contributed by atoms with van der Waals surface area (Å²) in [5.74, 6) is -0.0945. The minimum Gasteiger partial charge on any atom is -0.396 e. The third-order valence-electron chi connectivity index (χ3n) is 5.17. The Morgan fingerprint density at radius 1 is 1.39 bits per heavy atom. The fourth-order valence-corrected chi connectivity index (χ4v) is 4.12. The number of hydrogen-bond acceptors (Lipinski definition) is 3. The lowest BCUT2D eigenvalue weighted by atomic mass is 9.76. The lowest BCUT2D eigenvalue weighted by Crippen LogP contribution is -2.40. The van der Waals surface area contributed by atoms with Crippen molar-refractivity contribution in [2.24, 2.45) is 23.2 Å².